The Bertz CT molecular complexity index is 2340. The van der Waals surface area contributed by atoms with Gasteiger partial charge in [-0.3, -0.25) is 9.59 Å². The van der Waals surface area contributed by atoms with Crippen molar-refractivity contribution in [2.75, 3.05) is 76.2 Å². The van der Waals surface area contributed by atoms with Crippen molar-refractivity contribution < 1.29 is 41.7 Å². The van der Waals surface area contributed by atoms with Crippen LogP contribution in [0.3, 0.4) is 0 Å². The van der Waals surface area contributed by atoms with Gasteiger partial charge in [0, 0.05) is 55.6 Å². The maximum Gasteiger partial charge on any atom is 0.406 e. The minimum atomic E-state index is -4.52. The van der Waals surface area contributed by atoms with E-state index in [2.05, 4.69) is 27.8 Å². The van der Waals surface area contributed by atoms with E-state index < -0.39 is 42.6 Å². The van der Waals surface area contributed by atoms with Crippen molar-refractivity contribution in [2.45, 2.75) is 83.2 Å². The van der Waals surface area contributed by atoms with Gasteiger partial charge in [0.05, 0.1) is 55.8 Å². The van der Waals surface area contributed by atoms with Gasteiger partial charge in [0.25, 0.3) is 5.91 Å². The molecule has 340 valence electrons. The number of hydrogen-bond acceptors (Lipinski definition) is 9. The Morgan fingerprint density at radius 1 is 1.10 bits per heavy atom. The van der Waals surface area contributed by atoms with Gasteiger partial charge >= 0.3 is 6.18 Å². The Kier molecular flexibility index (Phi) is 14.4. The molecule has 4 N–H and O–H groups in total. The van der Waals surface area contributed by atoms with E-state index in [9.17, 15) is 27.9 Å². The van der Waals surface area contributed by atoms with Gasteiger partial charge in [-0.05, 0) is 93.6 Å². The molecular formula is C47H59F4N7O5. The van der Waals surface area contributed by atoms with Crippen LogP contribution in [0, 0.1) is 17.8 Å². The summed E-state index contributed by atoms with van der Waals surface area (Å²) in [6.45, 7) is 7.35. The lowest BCUT2D eigenvalue weighted by molar-refractivity contribution is -0.140. The summed E-state index contributed by atoms with van der Waals surface area (Å²) < 4.78 is 70.0. The van der Waals surface area contributed by atoms with Crippen molar-refractivity contribution in [3.8, 4) is 23.3 Å². The van der Waals surface area contributed by atoms with Gasteiger partial charge in [0.15, 0.2) is 0 Å². The summed E-state index contributed by atoms with van der Waals surface area (Å²) in [7, 11) is 7.00. The second-order valence-corrected chi connectivity index (χ2v) is 17.5. The molecule has 1 saturated heterocycles. The average Bonchev–Trinajstić information content (AvgIpc) is 3.56. The van der Waals surface area contributed by atoms with Crippen LogP contribution in [-0.2, 0) is 17.8 Å². The highest BCUT2D eigenvalue weighted by molar-refractivity contribution is 5.96. The molecule has 0 saturated carbocycles. The number of carbonyl (C=O) groups excluding carboxylic acids is 2. The third kappa shape index (κ3) is 11.1. The molecule has 4 aromatic rings. The number of nitrogens with one attached hydrogen (secondary N) is 3. The molecule has 2 aliphatic rings. The summed E-state index contributed by atoms with van der Waals surface area (Å²) in [4.78, 5) is 32.3. The van der Waals surface area contributed by atoms with Crippen LogP contribution in [0.2, 0.25) is 0 Å². The molecule has 0 radical (unpaired) electrons. The van der Waals surface area contributed by atoms with Gasteiger partial charge < -0.3 is 49.8 Å². The van der Waals surface area contributed by atoms with E-state index in [0.717, 1.165) is 15.8 Å². The van der Waals surface area contributed by atoms with Crippen LogP contribution >= 0.6 is 0 Å². The van der Waals surface area contributed by atoms with Crippen LogP contribution in [-0.4, -0.2) is 124 Å². The number of benzene rings is 3. The summed E-state index contributed by atoms with van der Waals surface area (Å²) >= 11 is 0. The first kappa shape index (κ1) is 46.8. The lowest BCUT2D eigenvalue weighted by Gasteiger charge is -2.39. The molecule has 0 bridgehead atoms. The minimum absolute atomic E-state index is 0.00599. The first-order chi connectivity index (χ1) is 29.8. The topological polar surface area (TPSA) is 124 Å². The second kappa shape index (κ2) is 19.4. The lowest BCUT2D eigenvalue weighted by atomic mass is 9.95. The molecule has 3 heterocycles. The predicted molar refractivity (Wildman–Crippen MR) is 239 cm³/mol. The van der Waals surface area contributed by atoms with Crippen molar-refractivity contribution >= 4 is 39.8 Å². The number of fused-ring (bicyclic) bond motifs is 2. The van der Waals surface area contributed by atoms with Gasteiger partial charge in [0.1, 0.15) is 35.9 Å². The maximum atomic E-state index is 15.2. The molecule has 0 aliphatic carbocycles. The molecule has 1 aromatic heterocycles. The van der Waals surface area contributed by atoms with Crippen LogP contribution < -0.4 is 35.2 Å². The van der Waals surface area contributed by atoms with Crippen molar-refractivity contribution in [3.05, 3.63) is 77.5 Å². The number of amides is 2. The number of carbonyl (C=O) groups is 2. The van der Waals surface area contributed by atoms with Gasteiger partial charge in [-0.15, -0.1) is 0 Å². The summed E-state index contributed by atoms with van der Waals surface area (Å²) in [6.07, 6.45) is -4.61. The zero-order valence-electron chi connectivity index (χ0n) is 37.2. The Morgan fingerprint density at radius 2 is 1.86 bits per heavy atom. The van der Waals surface area contributed by atoms with Crippen LogP contribution in [0.25, 0.3) is 10.9 Å². The molecule has 12 nitrogen and oxygen atoms in total. The zero-order valence-corrected chi connectivity index (χ0v) is 37.2. The van der Waals surface area contributed by atoms with Crippen molar-refractivity contribution in [1.82, 2.24) is 20.1 Å². The van der Waals surface area contributed by atoms with E-state index in [-0.39, 0.29) is 49.7 Å². The molecule has 3 aromatic carbocycles. The number of likely N-dealkylation sites (tertiary alicyclic amines) is 1. The first-order valence-electron chi connectivity index (χ1n) is 21.2. The summed E-state index contributed by atoms with van der Waals surface area (Å²) in [5, 5.41) is 19.5. The van der Waals surface area contributed by atoms with Crippen molar-refractivity contribution in [3.63, 3.8) is 0 Å². The normalized spacial score (nSPS) is 19.7. The van der Waals surface area contributed by atoms with Gasteiger partial charge in [0.2, 0.25) is 5.91 Å². The predicted octanol–water partition coefficient (Wildman–Crippen LogP) is 6.24. The number of aliphatic hydroxyl groups is 1. The molecule has 0 unspecified atom stereocenters. The number of nitrogens with zero attached hydrogens (tertiary/aromatic N) is 4. The maximum absolute atomic E-state index is 15.2. The first-order valence-corrected chi connectivity index (χ1v) is 21.2. The molecular weight excluding hydrogens is 819 g/mol. The number of hydrogen-bond donors (Lipinski definition) is 4. The lowest BCUT2D eigenvalue weighted by Crippen LogP contribution is -2.54. The monoisotopic (exact) mass is 877 g/mol. The highest BCUT2D eigenvalue weighted by atomic mass is 19.4. The summed E-state index contributed by atoms with van der Waals surface area (Å²) in [5.74, 6) is 6.30. The molecule has 2 amide bonds. The summed E-state index contributed by atoms with van der Waals surface area (Å²) in [5.41, 5.74) is 2.84. The highest BCUT2D eigenvalue weighted by Crippen LogP contribution is 2.35. The molecule has 4 atom stereocenters. The van der Waals surface area contributed by atoms with Crippen molar-refractivity contribution in [1.29, 1.82) is 0 Å². The van der Waals surface area contributed by atoms with Crippen LogP contribution in [0.1, 0.15) is 55.7 Å². The Labute approximate surface area is 366 Å². The fraction of sp³-hybridized carbons (Fsp3) is 0.489. The number of aromatic nitrogens is 1. The Morgan fingerprint density at radius 3 is 2.54 bits per heavy atom. The van der Waals surface area contributed by atoms with E-state index >= 15 is 4.39 Å². The van der Waals surface area contributed by atoms with Gasteiger partial charge in [-0.1, -0.05) is 31.9 Å². The third-order valence-corrected chi connectivity index (χ3v) is 11.7. The Balaban J connectivity index is 1.15. The minimum Gasteiger partial charge on any atom is -0.495 e. The van der Waals surface area contributed by atoms with E-state index in [0.29, 0.717) is 58.7 Å². The highest BCUT2D eigenvalue weighted by Gasteiger charge is 2.35. The van der Waals surface area contributed by atoms with Crippen LogP contribution in [0.5, 0.6) is 11.5 Å². The summed E-state index contributed by atoms with van der Waals surface area (Å²) in [6, 6.07) is 15.9. The SMILES string of the molecule is COc1ccc(C(=O)NCC(C)(C)Oc2ccc3c(c2)N(C)[C@@H](C(C)C)C(=O)N[C@H](CO)C3)cc1NCC#Cc1cc2c(N(C)[C@@H]3CCN(C)C[C@@H]3F)cccc2n1CC(F)(F)F. The molecule has 2 aliphatic heterocycles. The fourth-order valence-electron chi connectivity index (χ4n) is 8.60. The van der Waals surface area contributed by atoms with Crippen LogP contribution in [0.15, 0.2) is 60.7 Å². The standard InChI is InChI=1S/C47H59F4N7O5/c1-29(2)43-45(61)54-32(26-59)21-30-14-16-34(24-41(30)57(43)7)63-46(3,4)27-53-44(60)31-15-17-42(62-8)37(22-31)52-19-10-11-33-23-35-38(56(6)40-18-20-55(5)25-36(40)48)12-9-13-39(35)58(33)28-47(49,50)51/h9,12-17,22-24,29,32,36,40,43,52,59H,18-21,25-28H2,1-8H3,(H,53,60)(H,54,61)/t32-,36-,40+,43-/m0/s1. The van der Waals surface area contributed by atoms with E-state index in [4.69, 9.17) is 9.47 Å². The van der Waals surface area contributed by atoms with E-state index in [1.807, 2.05) is 74.7 Å². The second-order valence-electron chi connectivity index (χ2n) is 17.5. The molecule has 16 heteroatoms. The number of piperidine rings is 1. The molecule has 0 spiro atoms. The Hall–Kier alpha value is -5.66. The molecule has 63 heavy (non-hydrogen) atoms. The number of ether oxygens (including phenoxy) is 2. The quantitative estimate of drug-likeness (QED) is 0.0915. The zero-order chi connectivity index (χ0) is 45.8. The smallest absolute Gasteiger partial charge is 0.406 e. The third-order valence-electron chi connectivity index (χ3n) is 11.7. The van der Waals surface area contributed by atoms with E-state index in [1.54, 1.807) is 49.5 Å². The number of alkyl halides is 4. The number of halogens is 4. The number of rotatable bonds is 13. The van der Waals surface area contributed by atoms with E-state index in [1.165, 1.54) is 7.11 Å². The van der Waals surface area contributed by atoms with Crippen LogP contribution in [0.4, 0.5) is 34.6 Å². The number of likely N-dealkylation sites (N-methyl/N-ethyl adjacent to an activating group) is 1. The number of anilines is 3. The van der Waals surface area contributed by atoms with Crippen molar-refractivity contribution in [2.24, 2.45) is 5.92 Å². The average molecular weight is 878 g/mol. The molecule has 6 rings (SSSR count). The van der Waals surface area contributed by atoms with Gasteiger partial charge in [-0.25, -0.2) is 4.39 Å². The number of aliphatic hydroxyl groups excluding tert-OH is 1. The fourth-order valence-corrected chi connectivity index (χ4v) is 8.60. The van der Waals surface area contributed by atoms with Gasteiger partial charge in [-0.2, -0.15) is 13.2 Å². The largest absolute Gasteiger partial charge is 0.495 e. The number of methoxy groups -OCH3 is 1. The molecule has 1 fully saturated rings.